The van der Waals surface area contributed by atoms with Gasteiger partial charge in [0.15, 0.2) is 6.61 Å². The zero-order chi connectivity index (χ0) is 9.26. The first-order valence-corrected chi connectivity index (χ1v) is 5.29. The molecule has 0 saturated carbocycles. The van der Waals surface area contributed by atoms with E-state index in [1.165, 1.54) is 0 Å². The standard InChI is InChI=1S/C8H6ClNO2S/c9-13-5-1-2-6-7(3-5)12-4-8(11)10-6/h1-3H,4H2,(H,10,11). The molecule has 0 fully saturated rings. The van der Waals surface area contributed by atoms with Crippen molar-refractivity contribution in [1.29, 1.82) is 0 Å². The van der Waals surface area contributed by atoms with Crippen molar-refractivity contribution in [2.24, 2.45) is 0 Å². The Kier molecular flexibility index (Phi) is 2.33. The number of nitrogens with one attached hydrogen (secondary N) is 1. The second kappa shape index (κ2) is 3.47. The number of anilines is 1. The lowest BCUT2D eigenvalue weighted by atomic mass is 10.2. The number of amides is 1. The lowest BCUT2D eigenvalue weighted by Gasteiger charge is -2.17. The van der Waals surface area contributed by atoms with Crippen LogP contribution in [0.1, 0.15) is 0 Å². The summed E-state index contributed by atoms with van der Waals surface area (Å²) in [5.74, 6) is 0.545. The monoisotopic (exact) mass is 215 g/mol. The Labute approximate surface area is 83.9 Å². The minimum Gasteiger partial charge on any atom is -0.482 e. The Morgan fingerprint density at radius 2 is 2.38 bits per heavy atom. The molecule has 68 valence electrons. The molecule has 0 aromatic heterocycles. The average molecular weight is 216 g/mol. The Morgan fingerprint density at radius 1 is 1.54 bits per heavy atom. The largest absolute Gasteiger partial charge is 0.482 e. The second-order valence-corrected chi connectivity index (χ2v) is 3.66. The predicted molar refractivity (Wildman–Crippen MR) is 52.3 cm³/mol. The molecule has 5 heteroatoms. The van der Waals surface area contributed by atoms with Gasteiger partial charge in [-0.25, -0.2) is 0 Å². The van der Waals surface area contributed by atoms with E-state index in [0.29, 0.717) is 11.4 Å². The number of carbonyl (C=O) groups excluding carboxylic acids is 1. The predicted octanol–water partition coefficient (Wildman–Crippen LogP) is 2.26. The minimum absolute atomic E-state index is 0.0728. The number of benzene rings is 1. The van der Waals surface area contributed by atoms with Gasteiger partial charge in [0, 0.05) is 4.90 Å². The minimum atomic E-state index is -0.126. The molecular weight excluding hydrogens is 210 g/mol. The summed E-state index contributed by atoms with van der Waals surface area (Å²) in [5.41, 5.74) is 0.700. The van der Waals surface area contributed by atoms with Crippen LogP contribution in [-0.4, -0.2) is 12.5 Å². The smallest absolute Gasteiger partial charge is 0.262 e. The number of hydrogen-bond acceptors (Lipinski definition) is 3. The number of fused-ring (bicyclic) bond motifs is 1. The van der Waals surface area contributed by atoms with Gasteiger partial charge in [-0.3, -0.25) is 4.79 Å². The van der Waals surface area contributed by atoms with Crippen LogP contribution in [0.4, 0.5) is 5.69 Å². The number of rotatable bonds is 1. The molecule has 0 aliphatic carbocycles. The molecule has 0 saturated heterocycles. The van der Waals surface area contributed by atoms with E-state index in [-0.39, 0.29) is 12.5 Å². The number of ether oxygens (including phenoxy) is 1. The zero-order valence-electron chi connectivity index (χ0n) is 6.54. The SMILES string of the molecule is O=C1COc2cc(SCl)ccc2N1. The summed E-state index contributed by atoms with van der Waals surface area (Å²) >= 11 is 0. The summed E-state index contributed by atoms with van der Waals surface area (Å²) < 4.78 is 5.19. The highest BCUT2D eigenvalue weighted by Crippen LogP contribution is 2.33. The summed E-state index contributed by atoms with van der Waals surface area (Å²) in [6.07, 6.45) is 0. The van der Waals surface area contributed by atoms with Gasteiger partial charge in [0.1, 0.15) is 5.75 Å². The highest BCUT2D eigenvalue weighted by molar-refractivity contribution is 8.21. The summed E-state index contributed by atoms with van der Waals surface area (Å²) in [6, 6.07) is 5.40. The molecule has 1 aliphatic heterocycles. The molecule has 1 N–H and O–H groups in total. The van der Waals surface area contributed by atoms with E-state index in [2.05, 4.69) is 5.32 Å². The van der Waals surface area contributed by atoms with Crippen LogP contribution in [0.2, 0.25) is 0 Å². The van der Waals surface area contributed by atoms with Gasteiger partial charge >= 0.3 is 0 Å². The summed E-state index contributed by atoms with van der Waals surface area (Å²) in [7, 11) is 6.69. The van der Waals surface area contributed by atoms with Crippen molar-refractivity contribution >= 4 is 33.3 Å². The normalized spacial score (nSPS) is 14.4. The van der Waals surface area contributed by atoms with Crippen LogP contribution in [0.25, 0.3) is 0 Å². The Balaban J connectivity index is 2.36. The van der Waals surface area contributed by atoms with E-state index in [1.807, 2.05) is 6.07 Å². The summed E-state index contributed by atoms with van der Waals surface area (Å²) in [4.78, 5) is 11.8. The Morgan fingerprint density at radius 3 is 3.15 bits per heavy atom. The van der Waals surface area contributed by atoms with Crippen molar-refractivity contribution in [3.63, 3.8) is 0 Å². The van der Waals surface area contributed by atoms with E-state index in [4.69, 9.17) is 15.4 Å². The second-order valence-electron chi connectivity index (χ2n) is 2.57. The van der Waals surface area contributed by atoms with Crippen LogP contribution >= 0.6 is 21.7 Å². The average Bonchev–Trinajstić information content (AvgIpc) is 2.17. The van der Waals surface area contributed by atoms with E-state index >= 15 is 0 Å². The molecule has 1 aromatic rings. The molecule has 2 rings (SSSR count). The molecule has 0 unspecified atom stereocenters. The maximum Gasteiger partial charge on any atom is 0.262 e. The third-order valence-electron chi connectivity index (χ3n) is 1.68. The van der Waals surface area contributed by atoms with Crippen LogP contribution < -0.4 is 10.1 Å². The van der Waals surface area contributed by atoms with Crippen molar-refractivity contribution < 1.29 is 9.53 Å². The van der Waals surface area contributed by atoms with E-state index in [1.54, 1.807) is 12.1 Å². The fraction of sp³-hybridized carbons (Fsp3) is 0.125. The van der Waals surface area contributed by atoms with E-state index in [0.717, 1.165) is 15.9 Å². The van der Waals surface area contributed by atoms with Crippen LogP contribution in [-0.2, 0) is 4.79 Å². The van der Waals surface area contributed by atoms with Gasteiger partial charge in [-0.05, 0) is 39.9 Å². The first-order chi connectivity index (χ1) is 6.29. The molecule has 0 spiro atoms. The Bertz CT molecular complexity index is 356. The van der Waals surface area contributed by atoms with Gasteiger partial charge in [-0.1, -0.05) is 0 Å². The molecular formula is C8H6ClNO2S. The molecule has 13 heavy (non-hydrogen) atoms. The van der Waals surface area contributed by atoms with Crippen LogP contribution in [0, 0.1) is 0 Å². The van der Waals surface area contributed by atoms with Crippen LogP contribution in [0.3, 0.4) is 0 Å². The molecule has 0 atom stereocenters. The first-order valence-electron chi connectivity index (χ1n) is 3.65. The third kappa shape index (κ3) is 1.73. The van der Waals surface area contributed by atoms with Crippen LogP contribution in [0.5, 0.6) is 5.75 Å². The number of hydrogen-bond donors (Lipinski definition) is 1. The molecule has 1 aromatic carbocycles. The maximum absolute atomic E-state index is 10.9. The lowest BCUT2D eigenvalue weighted by molar-refractivity contribution is -0.118. The Hall–Kier alpha value is -0.870. The lowest BCUT2D eigenvalue weighted by Crippen LogP contribution is -2.25. The third-order valence-corrected chi connectivity index (χ3v) is 2.64. The van der Waals surface area contributed by atoms with Crippen LogP contribution in [0.15, 0.2) is 23.1 Å². The highest BCUT2D eigenvalue weighted by Gasteiger charge is 2.15. The van der Waals surface area contributed by atoms with Gasteiger partial charge in [0.2, 0.25) is 0 Å². The van der Waals surface area contributed by atoms with Gasteiger partial charge in [-0.15, -0.1) is 0 Å². The molecule has 3 nitrogen and oxygen atoms in total. The molecule has 1 amide bonds. The quantitative estimate of drug-likeness (QED) is 0.781. The fourth-order valence-electron chi connectivity index (χ4n) is 1.10. The summed E-state index contributed by atoms with van der Waals surface area (Å²) in [6.45, 7) is 0.0728. The molecule has 0 radical (unpaired) electrons. The van der Waals surface area contributed by atoms with Gasteiger partial charge in [0.05, 0.1) is 5.69 Å². The maximum atomic E-state index is 10.9. The van der Waals surface area contributed by atoms with Gasteiger partial charge in [0.25, 0.3) is 5.91 Å². The van der Waals surface area contributed by atoms with Crippen molar-refractivity contribution in [2.75, 3.05) is 11.9 Å². The van der Waals surface area contributed by atoms with Crippen molar-refractivity contribution in [2.45, 2.75) is 4.90 Å². The first kappa shape index (κ1) is 8.72. The number of halogens is 1. The van der Waals surface area contributed by atoms with Crippen molar-refractivity contribution in [3.05, 3.63) is 18.2 Å². The summed E-state index contributed by atoms with van der Waals surface area (Å²) in [5, 5.41) is 2.69. The topological polar surface area (TPSA) is 38.3 Å². The number of carbonyl (C=O) groups is 1. The molecule has 1 heterocycles. The van der Waals surface area contributed by atoms with Gasteiger partial charge < -0.3 is 10.1 Å². The molecule has 1 aliphatic rings. The fourth-order valence-corrected chi connectivity index (χ4v) is 1.66. The molecule has 0 bridgehead atoms. The van der Waals surface area contributed by atoms with Gasteiger partial charge in [-0.2, -0.15) is 0 Å². The highest BCUT2D eigenvalue weighted by atomic mass is 35.7. The van der Waals surface area contributed by atoms with Crippen molar-refractivity contribution in [3.8, 4) is 5.75 Å². The zero-order valence-corrected chi connectivity index (χ0v) is 8.11. The van der Waals surface area contributed by atoms with E-state index < -0.39 is 0 Å². The van der Waals surface area contributed by atoms with E-state index in [9.17, 15) is 4.79 Å². The van der Waals surface area contributed by atoms with Crippen molar-refractivity contribution in [1.82, 2.24) is 0 Å².